The Morgan fingerprint density at radius 3 is 2.63 bits per heavy atom. The highest BCUT2D eigenvalue weighted by Crippen LogP contribution is 2.35. The lowest BCUT2D eigenvalue weighted by molar-refractivity contribution is 0.0595. The molecule has 1 saturated heterocycles. The lowest BCUT2D eigenvalue weighted by atomic mass is 9.78. The third-order valence-corrected chi connectivity index (χ3v) is 5.16. The standard InChI is InChI=1S/C17H34N2/c1-2-18-13-7-3-4-8-14-19-15-9-11-16-10-5-6-12-17(16)19/h16-18H,2-15H2,1H3/t16-,17-/m1/s1. The van der Waals surface area contributed by atoms with Crippen LogP contribution >= 0.6 is 0 Å². The molecule has 0 aromatic carbocycles. The maximum Gasteiger partial charge on any atom is 0.0123 e. The Morgan fingerprint density at radius 1 is 0.947 bits per heavy atom. The van der Waals surface area contributed by atoms with E-state index in [1.165, 1.54) is 83.8 Å². The van der Waals surface area contributed by atoms with Crippen molar-refractivity contribution < 1.29 is 0 Å². The summed E-state index contributed by atoms with van der Waals surface area (Å²) in [5.41, 5.74) is 0. The summed E-state index contributed by atoms with van der Waals surface area (Å²) in [5.74, 6) is 1.05. The van der Waals surface area contributed by atoms with E-state index in [-0.39, 0.29) is 0 Å². The molecule has 2 rings (SSSR count). The predicted molar refractivity (Wildman–Crippen MR) is 83.6 cm³/mol. The van der Waals surface area contributed by atoms with E-state index in [1.54, 1.807) is 0 Å². The molecule has 0 amide bonds. The van der Waals surface area contributed by atoms with Crippen LogP contribution in [-0.4, -0.2) is 37.1 Å². The topological polar surface area (TPSA) is 15.3 Å². The maximum atomic E-state index is 3.42. The van der Waals surface area contributed by atoms with E-state index in [9.17, 15) is 0 Å². The molecule has 1 aliphatic carbocycles. The maximum absolute atomic E-state index is 3.42. The summed E-state index contributed by atoms with van der Waals surface area (Å²) in [6.45, 7) is 7.29. The SMILES string of the molecule is CCNCCCCCCN1CCC[C@H]2CCCC[C@H]21. The third kappa shape index (κ3) is 5.07. The number of hydrogen-bond acceptors (Lipinski definition) is 2. The van der Waals surface area contributed by atoms with Crippen molar-refractivity contribution in [3.05, 3.63) is 0 Å². The minimum Gasteiger partial charge on any atom is -0.317 e. The summed E-state index contributed by atoms with van der Waals surface area (Å²) in [6, 6.07) is 0.962. The van der Waals surface area contributed by atoms with Gasteiger partial charge < -0.3 is 10.2 Å². The first kappa shape index (κ1) is 15.3. The molecule has 19 heavy (non-hydrogen) atoms. The first-order valence-corrected chi connectivity index (χ1v) is 8.86. The minimum atomic E-state index is 0.962. The fourth-order valence-corrected chi connectivity index (χ4v) is 4.10. The van der Waals surface area contributed by atoms with Crippen molar-refractivity contribution in [3.63, 3.8) is 0 Å². The van der Waals surface area contributed by atoms with Crippen molar-refractivity contribution in [1.82, 2.24) is 10.2 Å². The molecule has 0 unspecified atom stereocenters. The highest BCUT2D eigenvalue weighted by Gasteiger charge is 2.32. The summed E-state index contributed by atoms with van der Waals surface area (Å²) in [7, 11) is 0. The smallest absolute Gasteiger partial charge is 0.0123 e. The molecule has 0 aromatic rings. The minimum absolute atomic E-state index is 0.962. The lowest BCUT2D eigenvalue weighted by Gasteiger charge is -2.44. The number of fused-ring (bicyclic) bond motifs is 1. The molecule has 0 bridgehead atoms. The van der Waals surface area contributed by atoms with Gasteiger partial charge in [-0.25, -0.2) is 0 Å². The predicted octanol–water partition coefficient (Wildman–Crippen LogP) is 3.81. The zero-order valence-electron chi connectivity index (χ0n) is 13.0. The van der Waals surface area contributed by atoms with Gasteiger partial charge in [0.1, 0.15) is 0 Å². The fraction of sp³-hybridized carbons (Fsp3) is 1.00. The van der Waals surface area contributed by atoms with Crippen molar-refractivity contribution >= 4 is 0 Å². The van der Waals surface area contributed by atoms with E-state index in [0.29, 0.717) is 0 Å². The first-order chi connectivity index (χ1) is 9.42. The van der Waals surface area contributed by atoms with Crippen LogP contribution in [0.3, 0.4) is 0 Å². The van der Waals surface area contributed by atoms with Gasteiger partial charge in [-0.2, -0.15) is 0 Å². The van der Waals surface area contributed by atoms with Crippen LogP contribution in [0.5, 0.6) is 0 Å². The number of piperidine rings is 1. The van der Waals surface area contributed by atoms with Gasteiger partial charge in [0.15, 0.2) is 0 Å². The highest BCUT2D eigenvalue weighted by atomic mass is 15.2. The van der Waals surface area contributed by atoms with Crippen LogP contribution in [0, 0.1) is 5.92 Å². The molecule has 1 N–H and O–H groups in total. The molecular formula is C17H34N2. The fourth-order valence-electron chi connectivity index (χ4n) is 4.10. The van der Waals surface area contributed by atoms with E-state index in [2.05, 4.69) is 17.1 Å². The van der Waals surface area contributed by atoms with Crippen molar-refractivity contribution in [1.29, 1.82) is 0 Å². The van der Waals surface area contributed by atoms with Gasteiger partial charge in [0.05, 0.1) is 0 Å². The molecule has 2 fully saturated rings. The number of rotatable bonds is 8. The average molecular weight is 266 g/mol. The van der Waals surface area contributed by atoms with E-state index >= 15 is 0 Å². The number of hydrogen-bond donors (Lipinski definition) is 1. The zero-order chi connectivity index (χ0) is 13.3. The quantitative estimate of drug-likeness (QED) is 0.672. The Bertz CT molecular complexity index is 227. The second kappa shape index (κ2) is 8.97. The second-order valence-corrected chi connectivity index (χ2v) is 6.56. The number of nitrogens with one attached hydrogen (secondary N) is 1. The molecule has 1 aliphatic heterocycles. The molecular weight excluding hydrogens is 232 g/mol. The molecule has 0 aromatic heterocycles. The first-order valence-electron chi connectivity index (χ1n) is 8.86. The Labute approximate surface area is 120 Å². The van der Waals surface area contributed by atoms with Gasteiger partial charge in [0, 0.05) is 6.04 Å². The molecule has 112 valence electrons. The van der Waals surface area contributed by atoms with Crippen molar-refractivity contribution in [2.24, 2.45) is 5.92 Å². The van der Waals surface area contributed by atoms with Crippen LogP contribution in [0.15, 0.2) is 0 Å². The van der Waals surface area contributed by atoms with Gasteiger partial charge in [-0.05, 0) is 70.6 Å². The van der Waals surface area contributed by atoms with Crippen LogP contribution in [0.2, 0.25) is 0 Å². The number of nitrogens with zero attached hydrogens (tertiary/aromatic N) is 1. The summed E-state index contributed by atoms with van der Waals surface area (Å²) >= 11 is 0. The van der Waals surface area contributed by atoms with Gasteiger partial charge in [0.25, 0.3) is 0 Å². The van der Waals surface area contributed by atoms with Crippen LogP contribution in [0.1, 0.15) is 71.1 Å². The summed E-state index contributed by atoms with van der Waals surface area (Å²) in [4.78, 5) is 2.84. The summed E-state index contributed by atoms with van der Waals surface area (Å²) in [6.07, 6.45) is 14.6. The summed E-state index contributed by atoms with van der Waals surface area (Å²) in [5, 5.41) is 3.42. The lowest BCUT2D eigenvalue weighted by Crippen LogP contribution is -2.47. The Kier molecular flexibility index (Phi) is 7.23. The number of likely N-dealkylation sites (tertiary alicyclic amines) is 1. The van der Waals surface area contributed by atoms with Gasteiger partial charge in [-0.15, -0.1) is 0 Å². The van der Waals surface area contributed by atoms with Gasteiger partial charge in [0.2, 0.25) is 0 Å². The van der Waals surface area contributed by atoms with E-state index < -0.39 is 0 Å². The third-order valence-electron chi connectivity index (χ3n) is 5.16. The van der Waals surface area contributed by atoms with Crippen molar-refractivity contribution in [2.75, 3.05) is 26.2 Å². The van der Waals surface area contributed by atoms with Gasteiger partial charge in [-0.1, -0.05) is 32.6 Å². The van der Waals surface area contributed by atoms with Gasteiger partial charge >= 0.3 is 0 Å². The Hall–Kier alpha value is -0.0800. The normalized spacial score (nSPS) is 28.3. The molecule has 2 heteroatoms. The molecule has 2 atom stereocenters. The van der Waals surface area contributed by atoms with Crippen LogP contribution in [0.4, 0.5) is 0 Å². The molecule has 1 saturated carbocycles. The zero-order valence-corrected chi connectivity index (χ0v) is 13.0. The van der Waals surface area contributed by atoms with Crippen LogP contribution in [0.25, 0.3) is 0 Å². The molecule has 2 aliphatic rings. The molecule has 1 heterocycles. The molecule has 2 nitrogen and oxygen atoms in total. The highest BCUT2D eigenvalue weighted by molar-refractivity contribution is 4.87. The monoisotopic (exact) mass is 266 g/mol. The number of unbranched alkanes of at least 4 members (excludes halogenated alkanes) is 3. The van der Waals surface area contributed by atoms with Crippen molar-refractivity contribution in [3.8, 4) is 0 Å². The Balaban J connectivity index is 1.56. The van der Waals surface area contributed by atoms with E-state index in [1.807, 2.05) is 0 Å². The largest absolute Gasteiger partial charge is 0.317 e. The Morgan fingerprint density at radius 2 is 1.74 bits per heavy atom. The summed E-state index contributed by atoms with van der Waals surface area (Å²) < 4.78 is 0. The van der Waals surface area contributed by atoms with Crippen LogP contribution < -0.4 is 5.32 Å². The van der Waals surface area contributed by atoms with Crippen LogP contribution in [-0.2, 0) is 0 Å². The van der Waals surface area contributed by atoms with Crippen molar-refractivity contribution in [2.45, 2.75) is 77.2 Å². The average Bonchev–Trinajstić information content (AvgIpc) is 2.46. The van der Waals surface area contributed by atoms with Gasteiger partial charge in [-0.3, -0.25) is 0 Å². The second-order valence-electron chi connectivity index (χ2n) is 6.56. The molecule has 0 radical (unpaired) electrons. The van der Waals surface area contributed by atoms with E-state index in [4.69, 9.17) is 0 Å². The molecule has 0 spiro atoms. The van der Waals surface area contributed by atoms with E-state index in [0.717, 1.165) is 18.5 Å².